The molecule has 3 aromatic heterocycles. The predicted molar refractivity (Wildman–Crippen MR) is 74.5 cm³/mol. The van der Waals surface area contributed by atoms with Crippen LogP contribution < -0.4 is 4.74 Å². The summed E-state index contributed by atoms with van der Waals surface area (Å²) in [5.74, 6) is -1.63. The van der Waals surface area contributed by atoms with Crippen LogP contribution in [0.2, 0.25) is 0 Å². The van der Waals surface area contributed by atoms with E-state index in [0.717, 1.165) is 18.5 Å². The van der Waals surface area contributed by atoms with Crippen molar-refractivity contribution in [1.82, 2.24) is 14.6 Å². The first-order valence-electron chi connectivity index (χ1n) is 6.67. The molecule has 0 bridgehead atoms. The minimum Gasteiger partial charge on any atom is -0.463 e. The molecule has 1 atom stereocenters. The summed E-state index contributed by atoms with van der Waals surface area (Å²) in [7, 11) is 0. The van der Waals surface area contributed by atoms with Crippen LogP contribution in [0.15, 0.2) is 42.9 Å². The maximum Gasteiger partial charge on any atom is 0.425 e. The number of ether oxygens (including phenoxy) is 1. The van der Waals surface area contributed by atoms with Crippen LogP contribution >= 0.6 is 0 Å². The number of rotatable bonds is 3. The lowest BCUT2D eigenvalue weighted by atomic mass is 10.1. The lowest BCUT2D eigenvalue weighted by Gasteiger charge is -2.17. The van der Waals surface area contributed by atoms with Crippen LogP contribution in [0.5, 0.6) is 5.88 Å². The normalized spacial score (nSPS) is 13.3. The second-order valence-corrected chi connectivity index (χ2v) is 4.93. The Morgan fingerprint density at radius 2 is 1.96 bits per heavy atom. The first-order chi connectivity index (χ1) is 10.8. The summed E-state index contributed by atoms with van der Waals surface area (Å²) in [6, 6.07) is 6.33. The minimum atomic E-state index is -4.58. The largest absolute Gasteiger partial charge is 0.463 e. The van der Waals surface area contributed by atoms with Gasteiger partial charge in [-0.2, -0.15) is 18.3 Å². The third kappa shape index (κ3) is 3.10. The van der Waals surface area contributed by atoms with Gasteiger partial charge in [-0.1, -0.05) is 0 Å². The molecule has 3 aromatic rings. The summed E-state index contributed by atoms with van der Waals surface area (Å²) in [5, 5.41) is 4.04. The van der Waals surface area contributed by atoms with Crippen LogP contribution in [-0.2, 0) is 0 Å². The third-order valence-electron chi connectivity index (χ3n) is 3.29. The Kier molecular flexibility index (Phi) is 3.67. The molecule has 4 nitrogen and oxygen atoms in total. The van der Waals surface area contributed by atoms with Gasteiger partial charge in [0.15, 0.2) is 11.9 Å². The summed E-state index contributed by atoms with van der Waals surface area (Å²) in [6.07, 6.45) is -2.14. The highest BCUT2D eigenvalue weighted by Gasteiger charge is 2.38. The van der Waals surface area contributed by atoms with Crippen LogP contribution in [-0.4, -0.2) is 26.9 Å². The zero-order valence-corrected chi connectivity index (χ0v) is 11.9. The van der Waals surface area contributed by atoms with Crippen molar-refractivity contribution in [3.63, 3.8) is 0 Å². The van der Waals surface area contributed by atoms with E-state index in [9.17, 15) is 17.6 Å². The van der Waals surface area contributed by atoms with E-state index >= 15 is 0 Å². The molecule has 3 heterocycles. The van der Waals surface area contributed by atoms with Gasteiger partial charge in [-0.25, -0.2) is 13.9 Å². The molecule has 0 aromatic carbocycles. The first kappa shape index (κ1) is 15.3. The number of hydrogen-bond donors (Lipinski definition) is 0. The van der Waals surface area contributed by atoms with Gasteiger partial charge in [0.25, 0.3) is 5.88 Å². The molecule has 0 saturated heterocycles. The highest BCUT2D eigenvalue weighted by Crippen LogP contribution is 2.28. The number of aromatic nitrogens is 3. The third-order valence-corrected chi connectivity index (χ3v) is 3.29. The molecular formula is C15H11F4N3O. The van der Waals surface area contributed by atoms with E-state index in [2.05, 4.69) is 14.8 Å². The second-order valence-electron chi connectivity index (χ2n) is 4.93. The van der Waals surface area contributed by atoms with Crippen molar-refractivity contribution >= 4 is 5.52 Å². The first-order valence-corrected chi connectivity index (χ1v) is 6.67. The molecule has 0 N–H and O–H groups in total. The van der Waals surface area contributed by atoms with E-state index in [1.165, 1.54) is 6.20 Å². The van der Waals surface area contributed by atoms with Crippen LogP contribution in [0.1, 0.15) is 6.92 Å². The lowest BCUT2D eigenvalue weighted by molar-refractivity contribution is -0.190. The van der Waals surface area contributed by atoms with Crippen molar-refractivity contribution in [2.24, 2.45) is 0 Å². The minimum absolute atomic E-state index is 0.429. The second kappa shape index (κ2) is 5.53. The number of fused-ring (bicyclic) bond motifs is 1. The summed E-state index contributed by atoms with van der Waals surface area (Å²) < 4.78 is 57.5. The van der Waals surface area contributed by atoms with E-state index in [1.807, 2.05) is 0 Å². The van der Waals surface area contributed by atoms with Crippen LogP contribution in [0.25, 0.3) is 16.6 Å². The Labute approximate surface area is 128 Å². The van der Waals surface area contributed by atoms with Gasteiger partial charge < -0.3 is 4.74 Å². The molecule has 3 rings (SSSR count). The van der Waals surface area contributed by atoms with Gasteiger partial charge in [0.2, 0.25) is 0 Å². The quantitative estimate of drug-likeness (QED) is 0.686. The molecule has 0 unspecified atom stereocenters. The Balaban J connectivity index is 1.89. The molecule has 0 aliphatic rings. The molecule has 23 heavy (non-hydrogen) atoms. The van der Waals surface area contributed by atoms with E-state index in [0.29, 0.717) is 11.1 Å². The van der Waals surface area contributed by atoms with E-state index < -0.39 is 24.0 Å². The SMILES string of the molecule is C[C@@H](Oc1ncc(-c2ccn3nccc3c2)cc1F)C(F)(F)F. The van der Waals surface area contributed by atoms with E-state index in [-0.39, 0.29) is 0 Å². The van der Waals surface area contributed by atoms with Gasteiger partial charge in [-0.05, 0) is 36.8 Å². The molecule has 0 saturated carbocycles. The summed E-state index contributed by atoms with van der Waals surface area (Å²) >= 11 is 0. The summed E-state index contributed by atoms with van der Waals surface area (Å²) in [6.45, 7) is 0.794. The maximum absolute atomic E-state index is 14.0. The predicted octanol–water partition coefficient (Wildman–Crippen LogP) is 3.87. The van der Waals surface area contributed by atoms with Crippen LogP contribution in [0.3, 0.4) is 0 Å². The lowest BCUT2D eigenvalue weighted by Crippen LogP contribution is -2.31. The van der Waals surface area contributed by atoms with Gasteiger partial charge in [0.1, 0.15) is 0 Å². The van der Waals surface area contributed by atoms with Crippen molar-refractivity contribution in [3.05, 3.63) is 48.7 Å². The van der Waals surface area contributed by atoms with Gasteiger partial charge in [-0.15, -0.1) is 0 Å². The summed E-state index contributed by atoms with van der Waals surface area (Å²) in [4.78, 5) is 3.66. The van der Waals surface area contributed by atoms with E-state index in [4.69, 9.17) is 0 Å². The molecule has 120 valence electrons. The molecule has 0 aliphatic heterocycles. The number of alkyl halides is 3. The average Bonchev–Trinajstić information content (AvgIpc) is 2.95. The Hall–Kier alpha value is -2.64. The molecule has 8 heteroatoms. The standard InChI is InChI=1S/C15H11F4N3O/c1-9(15(17,18)19)23-14-13(16)7-11(8-20-14)10-3-5-22-12(6-10)2-4-21-22/h2-9H,1H3/t9-/m1/s1. The summed E-state index contributed by atoms with van der Waals surface area (Å²) in [5.41, 5.74) is 1.90. The zero-order valence-electron chi connectivity index (χ0n) is 11.9. The fourth-order valence-electron chi connectivity index (χ4n) is 2.01. The fourth-order valence-corrected chi connectivity index (χ4v) is 2.01. The molecular weight excluding hydrogens is 314 g/mol. The average molecular weight is 325 g/mol. The molecule has 0 amide bonds. The van der Waals surface area contributed by atoms with Crippen molar-refractivity contribution in [2.75, 3.05) is 0 Å². The number of nitrogens with zero attached hydrogens (tertiary/aromatic N) is 3. The number of pyridine rings is 2. The molecule has 0 radical (unpaired) electrons. The highest BCUT2D eigenvalue weighted by molar-refractivity contribution is 5.68. The smallest absolute Gasteiger partial charge is 0.425 e. The van der Waals surface area contributed by atoms with Crippen molar-refractivity contribution in [1.29, 1.82) is 0 Å². The monoisotopic (exact) mass is 325 g/mol. The topological polar surface area (TPSA) is 39.4 Å². The Morgan fingerprint density at radius 3 is 2.65 bits per heavy atom. The number of halogens is 4. The van der Waals surface area contributed by atoms with Gasteiger partial charge in [-0.3, -0.25) is 0 Å². The molecule has 0 spiro atoms. The zero-order chi connectivity index (χ0) is 16.6. The van der Waals surface area contributed by atoms with Crippen LogP contribution in [0, 0.1) is 5.82 Å². The van der Waals surface area contributed by atoms with Crippen molar-refractivity contribution in [3.8, 4) is 17.0 Å². The molecule has 0 fully saturated rings. The Bertz CT molecular complexity index is 844. The van der Waals surface area contributed by atoms with E-state index in [1.54, 1.807) is 35.1 Å². The van der Waals surface area contributed by atoms with Crippen molar-refractivity contribution in [2.45, 2.75) is 19.2 Å². The van der Waals surface area contributed by atoms with Crippen molar-refractivity contribution < 1.29 is 22.3 Å². The fraction of sp³-hybridized carbons (Fsp3) is 0.200. The van der Waals surface area contributed by atoms with Gasteiger partial charge >= 0.3 is 6.18 Å². The van der Waals surface area contributed by atoms with Crippen LogP contribution in [0.4, 0.5) is 17.6 Å². The highest BCUT2D eigenvalue weighted by atomic mass is 19.4. The number of hydrogen-bond acceptors (Lipinski definition) is 3. The van der Waals surface area contributed by atoms with Gasteiger partial charge in [0.05, 0.1) is 5.52 Å². The Morgan fingerprint density at radius 1 is 1.17 bits per heavy atom. The maximum atomic E-state index is 14.0. The van der Waals surface area contributed by atoms with Gasteiger partial charge in [0, 0.05) is 24.2 Å². The molecule has 0 aliphatic carbocycles.